The van der Waals surface area contributed by atoms with Crippen LogP contribution in [0.4, 0.5) is 5.69 Å². The standard InChI is InChI=1S/C17H14N4O3/c1-11-15(19-20-21(11)14-5-3-2-4-6-14)16(22)18-13-9-7-12(8-10-13)17(23)24/h2-10H,1H3,(H,18,22)(H,23,24). The van der Waals surface area contributed by atoms with E-state index in [0.29, 0.717) is 11.4 Å². The van der Waals surface area contributed by atoms with Gasteiger partial charge in [0.15, 0.2) is 5.69 Å². The van der Waals surface area contributed by atoms with Crippen LogP contribution in [0.15, 0.2) is 54.6 Å². The normalized spacial score (nSPS) is 10.4. The molecule has 0 unspecified atom stereocenters. The fraction of sp³-hybridized carbons (Fsp3) is 0.0588. The molecule has 3 aromatic rings. The minimum atomic E-state index is -1.02. The van der Waals surface area contributed by atoms with Gasteiger partial charge in [0.1, 0.15) is 0 Å². The number of carboxylic acids is 1. The highest BCUT2D eigenvalue weighted by molar-refractivity contribution is 6.03. The Balaban J connectivity index is 1.81. The quantitative estimate of drug-likeness (QED) is 0.769. The van der Waals surface area contributed by atoms with Crippen LogP contribution in [0.1, 0.15) is 26.5 Å². The third kappa shape index (κ3) is 3.00. The van der Waals surface area contributed by atoms with E-state index in [9.17, 15) is 9.59 Å². The zero-order valence-corrected chi connectivity index (χ0v) is 12.8. The highest BCUT2D eigenvalue weighted by Crippen LogP contribution is 2.15. The van der Waals surface area contributed by atoms with E-state index in [1.165, 1.54) is 24.3 Å². The molecule has 3 rings (SSSR count). The first-order chi connectivity index (χ1) is 11.6. The molecule has 7 nitrogen and oxygen atoms in total. The predicted octanol–water partition coefficient (Wildman–Crippen LogP) is 2.53. The van der Waals surface area contributed by atoms with Gasteiger partial charge in [0, 0.05) is 5.69 Å². The Labute approximate surface area is 137 Å². The third-order valence-electron chi connectivity index (χ3n) is 3.50. The number of anilines is 1. The lowest BCUT2D eigenvalue weighted by Gasteiger charge is -2.05. The number of aromatic nitrogens is 3. The molecule has 0 atom stereocenters. The van der Waals surface area contributed by atoms with Crippen molar-refractivity contribution >= 4 is 17.6 Å². The van der Waals surface area contributed by atoms with Gasteiger partial charge in [-0.05, 0) is 43.3 Å². The summed E-state index contributed by atoms with van der Waals surface area (Å²) < 4.78 is 1.59. The van der Waals surface area contributed by atoms with Gasteiger partial charge in [0.25, 0.3) is 5.91 Å². The molecule has 2 N–H and O–H groups in total. The number of rotatable bonds is 4. The van der Waals surface area contributed by atoms with Gasteiger partial charge in [-0.2, -0.15) is 0 Å². The van der Waals surface area contributed by atoms with Crippen LogP contribution in [0, 0.1) is 6.92 Å². The maximum Gasteiger partial charge on any atom is 0.335 e. The number of nitrogens with one attached hydrogen (secondary N) is 1. The maximum absolute atomic E-state index is 12.4. The Morgan fingerprint density at radius 2 is 1.71 bits per heavy atom. The van der Waals surface area contributed by atoms with Crippen LogP contribution in [-0.4, -0.2) is 32.0 Å². The number of aromatic carboxylic acids is 1. The highest BCUT2D eigenvalue weighted by Gasteiger charge is 2.17. The van der Waals surface area contributed by atoms with E-state index in [2.05, 4.69) is 15.6 Å². The average Bonchev–Trinajstić information content (AvgIpc) is 2.98. The van der Waals surface area contributed by atoms with Crippen molar-refractivity contribution in [2.75, 3.05) is 5.32 Å². The topological polar surface area (TPSA) is 97.1 Å². The maximum atomic E-state index is 12.4. The van der Waals surface area contributed by atoms with Crippen molar-refractivity contribution in [3.8, 4) is 5.69 Å². The van der Waals surface area contributed by atoms with Crippen molar-refractivity contribution in [1.82, 2.24) is 15.0 Å². The Hall–Kier alpha value is -3.48. The molecule has 1 heterocycles. The van der Waals surface area contributed by atoms with Crippen LogP contribution in [-0.2, 0) is 0 Å². The molecule has 1 amide bonds. The van der Waals surface area contributed by atoms with E-state index < -0.39 is 11.9 Å². The SMILES string of the molecule is Cc1c(C(=O)Nc2ccc(C(=O)O)cc2)nnn1-c1ccccc1. The predicted molar refractivity (Wildman–Crippen MR) is 87.5 cm³/mol. The first kappa shape index (κ1) is 15.4. The van der Waals surface area contributed by atoms with Crippen LogP contribution in [0.25, 0.3) is 5.69 Å². The molecule has 0 radical (unpaired) electrons. The molecule has 0 saturated heterocycles. The first-order valence-corrected chi connectivity index (χ1v) is 7.18. The van der Waals surface area contributed by atoms with E-state index in [1.807, 2.05) is 30.3 Å². The van der Waals surface area contributed by atoms with E-state index in [1.54, 1.807) is 11.6 Å². The van der Waals surface area contributed by atoms with Crippen molar-refractivity contribution < 1.29 is 14.7 Å². The van der Waals surface area contributed by atoms with E-state index in [0.717, 1.165) is 5.69 Å². The third-order valence-corrected chi connectivity index (χ3v) is 3.50. The summed E-state index contributed by atoms with van der Waals surface area (Å²) >= 11 is 0. The molecule has 1 aromatic heterocycles. The largest absolute Gasteiger partial charge is 0.478 e. The van der Waals surface area contributed by atoms with E-state index >= 15 is 0 Å². The molecule has 0 aliphatic heterocycles. The number of carboxylic acid groups (broad SMARTS) is 1. The second-order valence-corrected chi connectivity index (χ2v) is 5.11. The van der Waals surface area contributed by atoms with Crippen molar-refractivity contribution in [1.29, 1.82) is 0 Å². The molecule has 0 aliphatic carbocycles. The summed E-state index contributed by atoms with van der Waals surface area (Å²) in [5.74, 6) is -1.42. The summed E-state index contributed by atoms with van der Waals surface area (Å²) in [5, 5.41) is 19.5. The highest BCUT2D eigenvalue weighted by atomic mass is 16.4. The number of carbonyl (C=O) groups is 2. The molecule has 24 heavy (non-hydrogen) atoms. The molecule has 2 aromatic carbocycles. The van der Waals surface area contributed by atoms with Gasteiger partial charge in [-0.15, -0.1) is 5.10 Å². The van der Waals surface area contributed by atoms with Gasteiger partial charge in [-0.25, -0.2) is 9.48 Å². The number of carbonyl (C=O) groups excluding carboxylic acids is 1. The lowest BCUT2D eigenvalue weighted by atomic mass is 10.2. The fourth-order valence-corrected chi connectivity index (χ4v) is 2.24. The minimum Gasteiger partial charge on any atom is -0.478 e. The van der Waals surface area contributed by atoms with Crippen LogP contribution in [0.2, 0.25) is 0 Å². The number of amides is 1. The number of benzene rings is 2. The molecule has 0 fully saturated rings. The Bertz CT molecular complexity index is 886. The van der Waals surface area contributed by atoms with E-state index in [-0.39, 0.29) is 11.3 Å². The molecule has 0 spiro atoms. The lowest BCUT2D eigenvalue weighted by Crippen LogP contribution is -2.14. The Kier molecular flexibility index (Phi) is 4.07. The summed E-state index contributed by atoms with van der Waals surface area (Å²) in [5.41, 5.74) is 2.27. The van der Waals surface area contributed by atoms with Crippen molar-refractivity contribution in [2.24, 2.45) is 0 Å². The molecule has 120 valence electrons. The summed E-state index contributed by atoms with van der Waals surface area (Å²) in [4.78, 5) is 23.2. The first-order valence-electron chi connectivity index (χ1n) is 7.18. The van der Waals surface area contributed by atoms with Gasteiger partial charge >= 0.3 is 5.97 Å². The second kappa shape index (κ2) is 6.33. The van der Waals surface area contributed by atoms with Crippen molar-refractivity contribution in [2.45, 2.75) is 6.92 Å². The fourth-order valence-electron chi connectivity index (χ4n) is 2.24. The molecule has 0 saturated carbocycles. The van der Waals surface area contributed by atoms with Crippen LogP contribution >= 0.6 is 0 Å². The van der Waals surface area contributed by atoms with Crippen molar-refractivity contribution in [3.05, 3.63) is 71.5 Å². The van der Waals surface area contributed by atoms with Crippen LogP contribution in [0.3, 0.4) is 0 Å². The second-order valence-electron chi connectivity index (χ2n) is 5.11. The number of para-hydroxylation sites is 1. The molecular weight excluding hydrogens is 308 g/mol. The van der Waals surface area contributed by atoms with Gasteiger partial charge < -0.3 is 10.4 Å². The molecule has 7 heteroatoms. The van der Waals surface area contributed by atoms with Crippen LogP contribution < -0.4 is 5.32 Å². The average molecular weight is 322 g/mol. The Morgan fingerprint density at radius 3 is 2.33 bits per heavy atom. The number of hydrogen-bond donors (Lipinski definition) is 2. The Morgan fingerprint density at radius 1 is 1.04 bits per heavy atom. The summed E-state index contributed by atoms with van der Waals surface area (Å²) in [6, 6.07) is 15.3. The summed E-state index contributed by atoms with van der Waals surface area (Å²) in [7, 11) is 0. The molecular formula is C17H14N4O3. The van der Waals surface area contributed by atoms with Gasteiger partial charge in [-0.3, -0.25) is 4.79 Å². The lowest BCUT2D eigenvalue weighted by molar-refractivity contribution is 0.0696. The number of nitrogens with zero attached hydrogens (tertiary/aromatic N) is 3. The van der Waals surface area contributed by atoms with Gasteiger partial charge in [0.05, 0.1) is 16.9 Å². The van der Waals surface area contributed by atoms with Crippen LogP contribution in [0.5, 0.6) is 0 Å². The molecule has 0 bridgehead atoms. The van der Waals surface area contributed by atoms with Crippen molar-refractivity contribution in [3.63, 3.8) is 0 Å². The summed E-state index contributed by atoms with van der Waals surface area (Å²) in [6.45, 7) is 1.76. The van der Waals surface area contributed by atoms with Gasteiger partial charge in [-0.1, -0.05) is 23.4 Å². The van der Waals surface area contributed by atoms with E-state index in [4.69, 9.17) is 5.11 Å². The zero-order valence-electron chi connectivity index (χ0n) is 12.8. The zero-order chi connectivity index (χ0) is 17.1. The smallest absolute Gasteiger partial charge is 0.335 e. The van der Waals surface area contributed by atoms with Gasteiger partial charge in [0.2, 0.25) is 0 Å². The number of hydrogen-bond acceptors (Lipinski definition) is 4. The monoisotopic (exact) mass is 322 g/mol. The summed E-state index contributed by atoms with van der Waals surface area (Å²) in [6.07, 6.45) is 0. The molecule has 0 aliphatic rings. The minimum absolute atomic E-state index is 0.152.